The second-order valence-corrected chi connectivity index (χ2v) is 9.28. The molecule has 0 fully saturated rings. The van der Waals surface area contributed by atoms with Gasteiger partial charge < -0.3 is 15.4 Å². The summed E-state index contributed by atoms with van der Waals surface area (Å²) < 4.78 is 8.38. The maximum atomic E-state index is 12.0. The Balaban J connectivity index is 1.76. The van der Waals surface area contributed by atoms with Crippen LogP contribution in [-0.4, -0.2) is 50.6 Å². The molecule has 0 bridgehead atoms. The molecule has 2 rings (SSSR count). The van der Waals surface area contributed by atoms with E-state index in [1.54, 1.807) is 16.4 Å². The quantitative estimate of drug-likeness (QED) is 0.406. The normalized spacial score (nSPS) is 11.5. The summed E-state index contributed by atoms with van der Waals surface area (Å²) in [6.45, 7) is 7.34. The largest absolute Gasteiger partial charge is 0.483 e. The van der Waals surface area contributed by atoms with Gasteiger partial charge in [0, 0.05) is 34.9 Å². The van der Waals surface area contributed by atoms with E-state index in [9.17, 15) is 4.79 Å². The first-order chi connectivity index (χ1) is 13.2. The second kappa shape index (κ2) is 10.8. The van der Waals surface area contributed by atoms with Gasteiger partial charge in [0.2, 0.25) is 5.16 Å². The van der Waals surface area contributed by atoms with Gasteiger partial charge in [-0.05, 0) is 62.4 Å². The predicted molar refractivity (Wildman–Crippen MR) is 113 cm³/mol. The molecule has 1 heterocycles. The van der Waals surface area contributed by atoms with E-state index in [2.05, 4.69) is 42.1 Å². The number of benzene rings is 1. The lowest BCUT2D eigenvalue weighted by Gasteiger charge is -2.21. The molecular weight excluding hydrogens is 444 g/mol. The van der Waals surface area contributed by atoms with E-state index in [-0.39, 0.29) is 18.1 Å². The molecule has 1 aromatic carbocycles. The molecule has 0 aliphatic heterocycles. The molecule has 0 aliphatic rings. The molecular formula is C18H27BrN6O2S. The van der Waals surface area contributed by atoms with Crippen LogP contribution in [-0.2, 0) is 18.4 Å². The SMILES string of the molecule is Cn1nnnc1SCCCNCc1cc(Br)ccc1OCC(=O)NC(C)(C)C. The summed E-state index contributed by atoms with van der Waals surface area (Å²) in [6.07, 6.45) is 0.982. The molecule has 0 atom stereocenters. The minimum absolute atomic E-state index is 0.00568. The van der Waals surface area contributed by atoms with Crippen molar-refractivity contribution in [2.45, 2.75) is 44.4 Å². The standard InChI is InChI=1S/C18H27BrN6O2S/c1-18(2,3)21-16(26)12-27-15-7-6-14(19)10-13(15)11-20-8-5-9-28-17-22-23-24-25(17)4/h6-7,10,20H,5,8-9,11-12H2,1-4H3,(H,21,26). The third-order valence-electron chi connectivity index (χ3n) is 3.52. The number of nitrogens with zero attached hydrogens (tertiary/aromatic N) is 4. The summed E-state index contributed by atoms with van der Waals surface area (Å²) in [5.41, 5.74) is 0.729. The van der Waals surface area contributed by atoms with E-state index in [0.717, 1.165) is 33.9 Å². The highest BCUT2D eigenvalue weighted by molar-refractivity contribution is 9.10. The van der Waals surface area contributed by atoms with Crippen molar-refractivity contribution in [1.82, 2.24) is 30.8 Å². The van der Waals surface area contributed by atoms with Crippen LogP contribution >= 0.6 is 27.7 Å². The van der Waals surface area contributed by atoms with Crippen LogP contribution < -0.4 is 15.4 Å². The fourth-order valence-corrected chi connectivity index (χ4v) is 3.55. The lowest BCUT2D eigenvalue weighted by Crippen LogP contribution is -2.43. The third-order valence-corrected chi connectivity index (χ3v) is 5.11. The minimum atomic E-state index is -0.274. The van der Waals surface area contributed by atoms with Gasteiger partial charge in [-0.1, -0.05) is 27.7 Å². The smallest absolute Gasteiger partial charge is 0.258 e. The van der Waals surface area contributed by atoms with Crippen molar-refractivity contribution >= 4 is 33.6 Å². The highest BCUT2D eigenvalue weighted by Crippen LogP contribution is 2.23. The van der Waals surface area contributed by atoms with E-state index in [1.165, 1.54) is 0 Å². The molecule has 0 saturated heterocycles. The Morgan fingerprint density at radius 1 is 1.36 bits per heavy atom. The summed E-state index contributed by atoms with van der Waals surface area (Å²) >= 11 is 5.12. The summed E-state index contributed by atoms with van der Waals surface area (Å²) in [7, 11) is 1.83. The number of hydrogen-bond acceptors (Lipinski definition) is 7. The molecule has 0 radical (unpaired) electrons. The van der Waals surface area contributed by atoms with Crippen molar-refractivity contribution in [1.29, 1.82) is 0 Å². The highest BCUT2D eigenvalue weighted by atomic mass is 79.9. The fourth-order valence-electron chi connectivity index (χ4n) is 2.35. The van der Waals surface area contributed by atoms with Crippen molar-refractivity contribution in [2.75, 3.05) is 18.9 Å². The highest BCUT2D eigenvalue weighted by Gasteiger charge is 2.14. The average molecular weight is 471 g/mol. The topological polar surface area (TPSA) is 94.0 Å². The minimum Gasteiger partial charge on any atom is -0.483 e. The van der Waals surface area contributed by atoms with E-state index in [0.29, 0.717) is 12.3 Å². The monoisotopic (exact) mass is 470 g/mol. The number of nitrogens with one attached hydrogen (secondary N) is 2. The number of carbonyl (C=O) groups is 1. The molecule has 8 nitrogen and oxygen atoms in total. The van der Waals surface area contributed by atoms with E-state index in [4.69, 9.17) is 4.74 Å². The molecule has 1 amide bonds. The summed E-state index contributed by atoms with van der Waals surface area (Å²) in [6, 6.07) is 5.79. The third kappa shape index (κ3) is 8.15. The number of ether oxygens (including phenoxy) is 1. The average Bonchev–Trinajstić information content (AvgIpc) is 3.00. The van der Waals surface area contributed by atoms with Crippen molar-refractivity contribution in [3.63, 3.8) is 0 Å². The molecule has 10 heteroatoms. The van der Waals surface area contributed by atoms with Crippen LogP contribution in [0.5, 0.6) is 5.75 Å². The zero-order valence-corrected chi connectivity index (χ0v) is 19.1. The van der Waals surface area contributed by atoms with Gasteiger partial charge in [0.05, 0.1) is 0 Å². The number of aromatic nitrogens is 4. The number of aryl methyl sites for hydroxylation is 1. The van der Waals surface area contributed by atoms with Gasteiger partial charge in [-0.3, -0.25) is 4.79 Å². The molecule has 1 aromatic heterocycles. The first kappa shape index (κ1) is 22.6. The Kier molecular flexibility index (Phi) is 8.71. The molecule has 2 aromatic rings. The Labute approximate surface area is 178 Å². The first-order valence-corrected chi connectivity index (χ1v) is 10.8. The molecule has 28 heavy (non-hydrogen) atoms. The van der Waals surface area contributed by atoms with Gasteiger partial charge >= 0.3 is 0 Å². The molecule has 0 aliphatic carbocycles. The Morgan fingerprint density at radius 2 is 2.14 bits per heavy atom. The van der Waals surface area contributed by atoms with Gasteiger partial charge in [0.25, 0.3) is 5.91 Å². The number of carbonyl (C=O) groups excluding carboxylic acids is 1. The zero-order chi connectivity index (χ0) is 20.6. The van der Waals surface area contributed by atoms with E-state index < -0.39 is 0 Å². The number of thioether (sulfide) groups is 1. The fraction of sp³-hybridized carbons (Fsp3) is 0.556. The van der Waals surface area contributed by atoms with Crippen LogP contribution in [0.1, 0.15) is 32.8 Å². The maximum absolute atomic E-state index is 12.0. The van der Waals surface area contributed by atoms with Crippen LogP contribution in [0.3, 0.4) is 0 Å². The summed E-state index contributed by atoms with van der Waals surface area (Å²) in [5.74, 6) is 1.50. The van der Waals surface area contributed by atoms with Gasteiger partial charge in [-0.15, -0.1) is 5.10 Å². The van der Waals surface area contributed by atoms with Gasteiger partial charge in [0.15, 0.2) is 6.61 Å². The van der Waals surface area contributed by atoms with Crippen LogP contribution in [0.4, 0.5) is 0 Å². The Morgan fingerprint density at radius 3 is 2.82 bits per heavy atom. The number of hydrogen-bond donors (Lipinski definition) is 2. The lowest BCUT2D eigenvalue weighted by atomic mass is 10.1. The Hall–Kier alpha value is -1.65. The number of tetrazole rings is 1. The van der Waals surface area contributed by atoms with Crippen LogP contribution in [0, 0.1) is 0 Å². The molecule has 0 saturated carbocycles. The second-order valence-electron chi connectivity index (χ2n) is 7.30. The molecule has 0 spiro atoms. The summed E-state index contributed by atoms with van der Waals surface area (Å²) in [4.78, 5) is 12.0. The zero-order valence-electron chi connectivity index (χ0n) is 16.7. The van der Waals surface area contributed by atoms with E-state index in [1.807, 2.05) is 46.0 Å². The Bertz CT molecular complexity index is 778. The number of rotatable bonds is 10. The number of amides is 1. The lowest BCUT2D eigenvalue weighted by molar-refractivity contribution is -0.124. The van der Waals surface area contributed by atoms with Crippen LogP contribution in [0.15, 0.2) is 27.8 Å². The number of halogens is 1. The van der Waals surface area contributed by atoms with Crippen LogP contribution in [0.2, 0.25) is 0 Å². The van der Waals surface area contributed by atoms with Crippen molar-refractivity contribution in [3.05, 3.63) is 28.2 Å². The molecule has 154 valence electrons. The molecule has 0 unspecified atom stereocenters. The van der Waals surface area contributed by atoms with Crippen molar-refractivity contribution in [3.8, 4) is 5.75 Å². The molecule has 2 N–H and O–H groups in total. The van der Waals surface area contributed by atoms with E-state index >= 15 is 0 Å². The van der Waals surface area contributed by atoms with Gasteiger partial charge in [-0.25, -0.2) is 4.68 Å². The van der Waals surface area contributed by atoms with Gasteiger partial charge in [0.1, 0.15) is 5.75 Å². The van der Waals surface area contributed by atoms with Crippen LogP contribution in [0.25, 0.3) is 0 Å². The predicted octanol–water partition coefficient (Wildman–Crippen LogP) is 2.54. The van der Waals surface area contributed by atoms with Crippen molar-refractivity contribution in [2.24, 2.45) is 7.05 Å². The summed E-state index contributed by atoms with van der Waals surface area (Å²) in [5, 5.41) is 18.5. The van der Waals surface area contributed by atoms with Crippen molar-refractivity contribution < 1.29 is 9.53 Å². The first-order valence-electron chi connectivity index (χ1n) is 9.03. The van der Waals surface area contributed by atoms with Gasteiger partial charge in [-0.2, -0.15) is 0 Å². The maximum Gasteiger partial charge on any atom is 0.258 e.